The minimum absolute atomic E-state index is 0.167. The van der Waals surface area contributed by atoms with Gasteiger partial charge in [-0.2, -0.15) is 0 Å². The number of rotatable bonds is 7. The molecule has 0 aromatic carbocycles. The van der Waals surface area contributed by atoms with Gasteiger partial charge in [-0.1, -0.05) is 0 Å². The highest BCUT2D eigenvalue weighted by Gasteiger charge is 2.22. The second-order valence-corrected chi connectivity index (χ2v) is 5.58. The second kappa shape index (κ2) is 7.84. The molecule has 0 spiro atoms. The molecule has 116 valence electrons. The lowest BCUT2D eigenvalue weighted by molar-refractivity contribution is -0.143. The highest BCUT2D eigenvalue weighted by atomic mass is 16.5. The molecule has 1 atom stereocenters. The Labute approximate surface area is 119 Å². The number of hydrogen-bond acceptors (Lipinski definition) is 4. The zero-order valence-electron chi connectivity index (χ0n) is 12.7. The van der Waals surface area contributed by atoms with Crippen molar-refractivity contribution in [2.45, 2.75) is 45.8 Å². The van der Waals surface area contributed by atoms with E-state index in [2.05, 4.69) is 5.32 Å². The van der Waals surface area contributed by atoms with E-state index in [1.807, 2.05) is 20.8 Å². The first-order chi connectivity index (χ1) is 9.03. The Balaban J connectivity index is 4.30. The van der Waals surface area contributed by atoms with E-state index < -0.39 is 17.9 Å². The number of aliphatic carboxylic acids is 1. The maximum Gasteiger partial charge on any atom is 0.326 e. The lowest BCUT2D eigenvalue weighted by atomic mass is 10.1. The Morgan fingerprint density at radius 1 is 1.30 bits per heavy atom. The summed E-state index contributed by atoms with van der Waals surface area (Å²) in [5, 5.41) is 11.4. The van der Waals surface area contributed by atoms with Crippen molar-refractivity contribution in [2.75, 3.05) is 20.2 Å². The lowest BCUT2D eigenvalue weighted by Gasteiger charge is -2.22. The molecule has 0 aliphatic rings. The van der Waals surface area contributed by atoms with Crippen molar-refractivity contribution in [3.63, 3.8) is 0 Å². The van der Waals surface area contributed by atoms with Gasteiger partial charge in [0.15, 0.2) is 0 Å². The van der Waals surface area contributed by atoms with Crippen molar-refractivity contribution in [2.24, 2.45) is 0 Å². The fraction of sp³-hybridized carbons (Fsp3) is 0.769. The molecule has 2 N–H and O–H groups in total. The molecule has 1 unspecified atom stereocenters. The van der Waals surface area contributed by atoms with E-state index in [0.717, 1.165) is 0 Å². The zero-order chi connectivity index (χ0) is 15.9. The molecule has 0 aromatic rings. The second-order valence-electron chi connectivity index (χ2n) is 5.58. The van der Waals surface area contributed by atoms with Crippen LogP contribution >= 0.6 is 0 Å². The summed E-state index contributed by atoms with van der Waals surface area (Å²) in [7, 11) is 1.47. The largest absolute Gasteiger partial charge is 0.480 e. The quantitative estimate of drug-likeness (QED) is 0.699. The predicted octanol–water partition coefficient (Wildman–Crippen LogP) is 0.239. The standard InChI is InChI=1S/C13H24N2O5/c1-9(16)15(5)8-11(17)14-10(12(18)19)6-7-20-13(2,3)4/h10H,6-8H2,1-5H3,(H,14,17)(H,18,19). The summed E-state index contributed by atoms with van der Waals surface area (Å²) in [6.45, 7) is 6.98. The maximum absolute atomic E-state index is 11.6. The third-order valence-electron chi connectivity index (χ3n) is 2.49. The highest BCUT2D eigenvalue weighted by molar-refractivity contribution is 5.87. The molecule has 0 saturated carbocycles. The van der Waals surface area contributed by atoms with Crippen LogP contribution in [0.25, 0.3) is 0 Å². The highest BCUT2D eigenvalue weighted by Crippen LogP contribution is 2.08. The number of carboxylic acid groups (broad SMARTS) is 1. The Morgan fingerprint density at radius 3 is 2.25 bits per heavy atom. The molecular formula is C13H24N2O5. The van der Waals surface area contributed by atoms with Crippen LogP contribution in [0.15, 0.2) is 0 Å². The van der Waals surface area contributed by atoms with Gasteiger partial charge in [-0.05, 0) is 20.8 Å². The number of carbonyl (C=O) groups is 3. The Morgan fingerprint density at radius 2 is 1.85 bits per heavy atom. The molecule has 0 fully saturated rings. The van der Waals surface area contributed by atoms with Crippen LogP contribution in [0.4, 0.5) is 0 Å². The zero-order valence-corrected chi connectivity index (χ0v) is 12.7. The third-order valence-corrected chi connectivity index (χ3v) is 2.49. The van der Waals surface area contributed by atoms with Crippen molar-refractivity contribution >= 4 is 17.8 Å². The molecule has 20 heavy (non-hydrogen) atoms. The first-order valence-corrected chi connectivity index (χ1v) is 6.40. The molecule has 0 radical (unpaired) electrons. The maximum atomic E-state index is 11.6. The van der Waals surface area contributed by atoms with E-state index in [1.54, 1.807) is 0 Å². The van der Waals surface area contributed by atoms with Crippen LogP contribution in [0, 0.1) is 0 Å². The van der Waals surface area contributed by atoms with Crippen LogP contribution in [-0.2, 0) is 19.1 Å². The molecule has 0 saturated heterocycles. The van der Waals surface area contributed by atoms with E-state index >= 15 is 0 Å². The van der Waals surface area contributed by atoms with Crippen molar-refractivity contribution in [1.29, 1.82) is 0 Å². The number of nitrogens with one attached hydrogen (secondary N) is 1. The van der Waals surface area contributed by atoms with Crippen LogP contribution in [0.2, 0.25) is 0 Å². The summed E-state index contributed by atoms with van der Waals surface area (Å²) in [5.41, 5.74) is -0.359. The van der Waals surface area contributed by atoms with E-state index in [1.165, 1.54) is 18.9 Å². The molecule has 0 aliphatic carbocycles. The van der Waals surface area contributed by atoms with Gasteiger partial charge in [0, 0.05) is 27.0 Å². The van der Waals surface area contributed by atoms with E-state index in [9.17, 15) is 14.4 Å². The number of amides is 2. The normalized spacial score (nSPS) is 12.7. The van der Waals surface area contributed by atoms with Crippen molar-refractivity contribution < 1.29 is 24.2 Å². The van der Waals surface area contributed by atoms with Crippen molar-refractivity contribution in [1.82, 2.24) is 10.2 Å². The minimum Gasteiger partial charge on any atom is -0.480 e. The molecule has 0 aliphatic heterocycles. The number of ether oxygens (including phenoxy) is 1. The van der Waals surface area contributed by atoms with Gasteiger partial charge in [0.05, 0.1) is 12.1 Å². The van der Waals surface area contributed by atoms with Crippen molar-refractivity contribution in [3.05, 3.63) is 0 Å². The van der Waals surface area contributed by atoms with Gasteiger partial charge in [0.25, 0.3) is 0 Å². The summed E-state index contributed by atoms with van der Waals surface area (Å²) in [6, 6.07) is -1.02. The van der Waals surface area contributed by atoms with Crippen LogP contribution in [0.3, 0.4) is 0 Å². The molecule has 0 bridgehead atoms. The number of likely N-dealkylation sites (N-methyl/N-ethyl adjacent to an activating group) is 1. The predicted molar refractivity (Wildman–Crippen MR) is 73.2 cm³/mol. The fourth-order valence-electron chi connectivity index (χ4n) is 1.31. The summed E-state index contributed by atoms with van der Waals surface area (Å²) < 4.78 is 5.43. The van der Waals surface area contributed by atoms with E-state index in [-0.39, 0.29) is 31.1 Å². The van der Waals surface area contributed by atoms with E-state index in [0.29, 0.717) is 0 Å². The van der Waals surface area contributed by atoms with Crippen molar-refractivity contribution in [3.8, 4) is 0 Å². The van der Waals surface area contributed by atoms with Crippen LogP contribution < -0.4 is 5.32 Å². The van der Waals surface area contributed by atoms with Gasteiger partial charge in [-0.3, -0.25) is 9.59 Å². The van der Waals surface area contributed by atoms with Gasteiger partial charge < -0.3 is 20.1 Å². The molecule has 0 aromatic heterocycles. The van der Waals surface area contributed by atoms with Gasteiger partial charge in [-0.25, -0.2) is 4.79 Å². The first kappa shape index (κ1) is 18.4. The Hall–Kier alpha value is -1.63. The molecular weight excluding hydrogens is 264 g/mol. The van der Waals surface area contributed by atoms with Gasteiger partial charge in [-0.15, -0.1) is 0 Å². The third kappa shape index (κ3) is 8.47. The lowest BCUT2D eigenvalue weighted by Crippen LogP contribution is -2.46. The van der Waals surface area contributed by atoms with Gasteiger partial charge >= 0.3 is 5.97 Å². The summed E-state index contributed by atoms with van der Waals surface area (Å²) in [6.07, 6.45) is 0.169. The van der Waals surface area contributed by atoms with Crippen LogP contribution in [0.5, 0.6) is 0 Å². The van der Waals surface area contributed by atoms with Crippen LogP contribution in [0.1, 0.15) is 34.1 Å². The topological polar surface area (TPSA) is 95.9 Å². The molecule has 7 nitrogen and oxygen atoms in total. The Bertz CT molecular complexity index is 362. The smallest absolute Gasteiger partial charge is 0.326 e. The average Bonchev–Trinajstić information content (AvgIpc) is 2.25. The summed E-state index contributed by atoms with van der Waals surface area (Å²) >= 11 is 0. The van der Waals surface area contributed by atoms with E-state index in [4.69, 9.17) is 9.84 Å². The van der Waals surface area contributed by atoms with Gasteiger partial charge in [0.1, 0.15) is 6.04 Å². The SMILES string of the molecule is CC(=O)N(C)CC(=O)NC(CCOC(C)(C)C)C(=O)O. The number of hydrogen-bond donors (Lipinski definition) is 2. The number of carbonyl (C=O) groups excluding carboxylic acids is 2. The number of nitrogens with zero attached hydrogens (tertiary/aromatic N) is 1. The average molecular weight is 288 g/mol. The Kier molecular flexibility index (Phi) is 7.20. The monoisotopic (exact) mass is 288 g/mol. The minimum atomic E-state index is -1.12. The molecule has 0 heterocycles. The first-order valence-electron chi connectivity index (χ1n) is 6.40. The molecule has 2 amide bonds. The summed E-state index contributed by atoms with van der Waals surface area (Å²) in [5.74, 6) is -1.89. The summed E-state index contributed by atoms with van der Waals surface area (Å²) in [4.78, 5) is 34.9. The van der Waals surface area contributed by atoms with Gasteiger partial charge in [0.2, 0.25) is 11.8 Å². The molecule has 7 heteroatoms. The molecule has 0 rings (SSSR count). The fourth-order valence-corrected chi connectivity index (χ4v) is 1.31. The van der Waals surface area contributed by atoms with Crippen LogP contribution in [-0.4, -0.2) is 59.6 Å². The number of carboxylic acids is 1.